The van der Waals surface area contributed by atoms with Gasteiger partial charge in [0.1, 0.15) is 0 Å². The second-order valence-electron chi connectivity index (χ2n) is 6.45. The number of aromatic nitrogens is 2. The molecule has 0 amide bonds. The average Bonchev–Trinajstić information content (AvgIpc) is 2.76. The third-order valence-corrected chi connectivity index (χ3v) is 6.18. The Morgan fingerprint density at radius 3 is 2.22 bits per heavy atom. The van der Waals surface area contributed by atoms with Gasteiger partial charge in [-0.15, -0.1) is 5.10 Å². The Bertz CT molecular complexity index is 476. The second-order valence-corrected chi connectivity index (χ2v) is 7.21. The lowest BCUT2D eigenvalue weighted by molar-refractivity contribution is -0.00419. The Hall–Kier alpha value is -0.970. The van der Waals surface area contributed by atoms with Crippen LogP contribution in [0.3, 0.4) is 0 Å². The minimum Gasteiger partial charge on any atom is -0.476 e. The van der Waals surface area contributed by atoms with Gasteiger partial charge in [0, 0.05) is 5.41 Å². The molecule has 5 heteroatoms. The molecule has 4 saturated carbocycles. The van der Waals surface area contributed by atoms with E-state index in [0.29, 0.717) is 0 Å². The van der Waals surface area contributed by atoms with E-state index in [2.05, 4.69) is 9.59 Å². The zero-order chi connectivity index (χ0) is 12.3. The van der Waals surface area contributed by atoms with Gasteiger partial charge in [0.05, 0.1) is 4.88 Å². The molecule has 0 aliphatic heterocycles. The first-order valence-electron chi connectivity index (χ1n) is 6.72. The van der Waals surface area contributed by atoms with Gasteiger partial charge in [0.15, 0.2) is 5.69 Å². The van der Waals surface area contributed by atoms with Gasteiger partial charge in [0.25, 0.3) is 0 Å². The number of rotatable bonds is 2. The fourth-order valence-electron chi connectivity index (χ4n) is 5.07. The maximum Gasteiger partial charge on any atom is 0.357 e. The van der Waals surface area contributed by atoms with Crippen molar-refractivity contribution in [1.82, 2.24) is 9.59 Å². The number of hydrogen-bond donors (Lipinski definition) is 1. The first-order valence-corrected chi connectivity index (χ1v) is 7.50. The summed E-state index contributed by atoms with van der Waals surface area (Å²) in [6.45, 7) is 0. The summed E-state index contributed by atoms with van der Waals surface area (Å²) in [7, 11) is 0. The molecule has 1 aromatic heterocycles. The summed E-state index contributed by atoms with van der Waals surface area (Å²) in [5.74, 6) is 1.55. The third-order valence-electron chi connectivity index (χ3n) is 5.21. The summed E-state index contributed by atoms with van der Waals surface area (Å²) < 4.78 is 3.91. The standard InChI is InChI=1S/C13H16N2O2S/c16-12(17)10-11(18-15-14-10)13-4-7-1-8(5-13)3-9(2-7)6-13/h7-9H,1-6H2,(H,16,17). The van der Waals surface area contributed by atoms with Gasteiger partial charge in [-0.1, -0.05) is 4.49 Å². The molecule has 4 fully saturated rings. The molecule has 0 atom stereocenters. The number of carbonyl (C=O) groups is 1. The largest absolute Gasteiger partial charge is 0.476 e. The van der Waals surface area contributed by atoms with Gasteiger partial charge in [-0.2, -0.15) is 0 Å². The van der Waals surface area contributed by atoms with Gasteiger partial charge in [-0.3, -0.25) is 0 Å². The summed E-state index contributed by atoms with van der Waals surface area (Å²) in [6, 6.07) is 0. The Morgan fingerprint density at radius 2 is 1.72 bits per heavy atom. The van der Waals surface area contributed by atoms with Gasteiger partial charge in [0.2, 0.25) is 0 Å². The predicted molar refractivity (Wildman–Crippen MR) is 66.7 cm³/mol. The fraction of sp³-hybridized carbons (Fsp3) is 0.769. The van der Waals surface area contributed by atoms with Crippen molar-refractivity contribution in [3.8, 4) is 0 Å². The molecule has 96 valence electrons. The monoisotopic (exact) mass is 264 g/mol. The molecule has 0 radical (unpaired) electrons. The van der Waals surface area contributed by atoms with Crippen LogP contribution in [-0.2, 0) is 5.41 Å². The Kier molecular flexibility index (Phi) is 2.14. The molecule has 0 spiro atoms. The van der Waals surface area contributed by atoms with Crippen molar-refractivity contribution in [2.45, 2.75) is 43.9 Å². The van der Waals surface area contributed by atoms with E-state index < -0.39 is 5.97 Å². The van der Waals surface area contributed by atoms with Crippen molar-refractivity contribution in [3.05, 3.63) is 10.6 Å². The molecule has 0 aromatic carbocycles. The topological polar surface area (TPSA) is 63.1 Å². The molecular weight excluding hydrogens is 248 g/mol. The van der Waals surface area contributed by atoms with Gasteiger partial charge in [-0.05, 0) is 67.8 Å². The molecule has 4 nitrogen and oxygen atoms in total. The smallest absolute Gasteiger partial charge is 0.357 e. The zero-order valence-electron chi connectivity index (χ0n) is 10.1. The van der Waals surface area contributed by atoms with Crippen LogP contribution < -0.4 is 0 Å². The molecule has 5 rings (SSSR count). The first kappa shape index (κ1) is 10.9. The average molecular weight is 264 g/mol. The molecular formula is C13H16N2O2S. The van der Waals surface area contributed by atoms with Crippen LogP contribution in [0, 0.1) is 17.8 Å². The highest BCUT2D eigenvalue weighted by Gasteiger charge is 2.53. The van der Waals surface area contributed by atoms with Crippen molar-refractivity contribution < 1.29 is 9.90 Å². The normalized spacial score (nSPS) is 41.2. The molecule has 1 N–H and O–H groups in total. The molecule has 18 heavy (non-hydrogen) atoms. The number of nitrogens with zero attached hydrogens (tertiary/aromatic N) is 2. The van der Waals surface area contributed by atoms with Crippen LogP contribution in [0.4, 0.5) is 0 Å². The van der Waals surface area contributed by atoms with E-state index in [1.807, 2.05) is 0 Å². The summed E-state index contributed by atoms with van der Waals surface area (Å²) in [4.78, 5) is 12.2. The lowest BCUT2D eigenvalue weighted by Gasteiger charge is -2.56. The van der Waals surface area contributed by atoms with Crippen LogP contribution in [0.5, 0.6) is 0 Å². The minimum absolute atomic E-state index is 0.108. The Balaban J connectivity index is 1.79. The van der Waals surface area contributed by atoms with Crippen molar-refractivity contribution in [3.63, 3.8) is 0 Å². The highest BCUT2D eigenvalue weighted by Crippen LogP contribution is 2.61. The summed E-state index contributed by atoms with van der Waals surface area (Å²) in [5.41, 5.74) is 0.332. The van der Waals surface area contributed by atoms with Crippen molar-refractivity contribution in [1.29, 1.82) is 0 Å². The lowest BCUT2D eigenvalue weighted by Crippen LogP contribution is -2.48. The van der Waals surface area contributed by atoms with E-state index in [1.165, 1.54) is 50.1 Å². The van der Waals surface area contributed by atoms with E-state index >= 15 is 0 Å². The van der Waals surface area contributed by atoms with E-state index in [1.54, 1.807) is 0 Å². The minimum atomic E-state index is -0.908. The van der Waals surface area contributed by atoms with Gasteiger partial charge >= 0.3 is 5.97 Å². The maximum atomic E-state index is 11.3. The van der Waals surface area contributed by atoms with E-state index in [0.717, 1.165) is 22.6 Å². The Labute approximate surface area is 110 Å². The Morgan fingerprint density at radius 1 is 1.17 bits per heavy atom. The van der Waals surface area contributed by atoms with Crippen LogP contribution in [-0.4, -0.2) is 20.7 Å². The van der Waals surface area contributed by atoms with Crippen LogP contribution in [0.25, 0.3) is 0 Å². The van der Waals surface area contributed by atoms with Crippen LogP contribution in [0.2, 0.25) is 0 Å². The summed E-state index contributed by atoms with van der Waals surface area (Å²) in [5, 5.41) is 13.1. The number of carboxylic acids is 1. The molecule has 4 aliphatic carbocycles. The van der Waals surface area contributed by atoms with E-state index in [9.17, 15) is 9.90 Å². The summed E-state index contributed by atoms with van der Waals surface area (Å²) in [6.07, 6.45) is 7.62. The lowest BCUT2D eigenvalue weighted by atomic mass is 9.49. The van der Waals surface area contributed by atoms with E-state index in [4.69, 9.17) is 0 Å². The molecule has 1 heterocycles. The maximum absolute atomic E-state index is 11.3. The molecule has 0 saturated heterocycles. The van der Waals surface area contributed by atoms with Gasteiger partial charge in [-0.25, -0.2) is 4.79 Å². The summed E-state index contributed by atoms with van der Waals surface area (Å²) >= 11 is 1.32. The SMILES string of the molecule is O=C(O)c1nnsc1C12CC3CC(CC(C3)C1)C2. The van der Waals surface area contributed by atoms with Crippen molar-refractivity contribution >= 4 is 17.5 Å². The van der Waals surface area contributed by atoms with Crippen LogP contribution in [0.1, 0.15) is 53.9 Å². The highest BCUT2D eigenvalue weighted by atomic mass is 32.1. The predicted octanol–water partition coefficient (Wildman–Crippen LogP) is 2.70. The van der Waals surface area contributed by atoms with Crippen LogP contribution in [0.15, 0.2) is 0 Å². The molecule has 4 aliphatic rings. The van der Waals surface area contributed by atoms with E-state index in [-0.39, 0.29) is 11.1 Å². The fourth-order valence-corrected chi connectivity index (χ4v) is 5.93. The quantitative estimate of drug-likeness (QED) is 0.892. The number of hydrogen-bond acceptors (Lipinski definition) is 4. The first-order chi connectivity index (χ1) is 8.66. The molecule has 4 bridgehead atoms. The second kappa shape index (κ2) is 3.53. The highest BCUT2D eigenvalue weighted by molar-refractivity contribution is 7.06. The zero-order valence-corrected chi connectivity index (χ0v) is 10.9. The molecule has 1 aromatic rings. The van der Waals surface area contributed by atoms with Gasteiger partial charge < -0.3 is 5.11 Å². The van der Waals surface area contributed by atoms with Crippen molar-refractivity contribution in [2.75, 3.05) is 0 Å². The number of aromatic carboxylic acids is 1. The van der Waals surface area contributed by atoms with Crippen molar-refractivity contribution in [2.24, 2.45) is 17.8 Å². The molecule has 0 unspecified atom stereocenters. The van der Waals surface area contributed by atoms with Crippen LogP contribution >= 0.6 is 11.5 Å². The number of carboxylic acid groups (broad SMARTS) is 1. The third kappa shape index (κ3) is 1.40.